The Balaban J connectivity index is 2.26. The zero-order valence-electron chi connectivity index (χ0n) is 10.4. The molecule has 0 saturated carbocycles. The van der Waals surface area contributed by atoms with Gasteiger partial charge in [0.2, 0.25) is 0 Å². The Hall–Kier alpha value is -2.16. The van der Waals surface area contributed by atoms with Gasteiger partial charge in [-0.15, -0.1) is 0 Å². The molecule has 18 heavy (non-hydrogen) atoms. The van der Waals surface area contributed by atoms with E-state index in [1.54, 1.807) is 12.5 Å². The average Bonchev–Trinajstić information content (AvgIpc) is 2.93. The quantitative estimate of drug-likeness (QED) is 0.699. The second kappa shape index (κ2) is 4.61. The molecule has 0 bridgehead atoms. The fraction of sp³-hybridized carbons (Fsp3) is 0.200. The van der Waals surface area contributed by atoms with Gasteiger partial charge in [0, 0.05) is 24.0 Å². The summed E-state index contributed by atoms with van der Waals surface area (Å²) < 4.78 is 1.96. The van der Waals surface area contributed by atoms with Crippen LogP contribution in [-0.2, 0) is 6.42 Å². The van der Waals surface area contributed by atoms with E-state index < -0.39 is 0 Å². The van der Waals surface area contributed by atoms with Crippen molar-refractivity contribution in [3.63, 3.8) is 0 Å². The van der Waals surface area contributed by atoms with Crippen LogP contribution in [-0.4, -0.2) is 14.5 Å². The zero-order chi connectivity index (χ0) is 12.4. The molecule has 2 heterocycles. The van der Waals surface area contributed by atoms with E-state index in [0.29, 0.717) is 0 Å². The first kappa shape index (κ1) is 11.0. The van der Waals surface area contributed by atoms with Crippen molar-refractivity contribution in [3.8, 4) is 5.82 Å². The summed E-state index contributed by atoms with van der Waals surface area (Å²) in [5, 5.41) is 2.47. The van der Waals surface area contributed by atoms with Gasteiger partial charge in [0.05, 0.1) is 0 Å². The maximum atomic E-state index is 4.59. The van der Waals surface area contributed by atoms with Crippen molar-refractivity contribution in [1.29, 1.82) is 0 Å². The van der Waals surface area contributed by atoms with Gasteiger partial charge >= 0.3 is 0 Å². The van der Waals surface area contributed by atoms with Gasteiger partial charge in [-0.1, -0.05) is 37.6 Å². The Morgan fingerprint density at radius 3 is 2.72 bits per heavy atom. The summed E-state index contributed by atoms with van der Waals surface area (Å²) in [5.41, 5.74) is 1.32. The Labute approximate surface area is 106 Å². The summed E-state index contributed by atoms with van der Waals surface area (Å²) in [4.78, 5) is 8.68. The summed E-state index contributed by atoms with van der Waals surface area (Å²) in [5.74, 6) is 0.947. The zero-order valence-corrected chi connectivity index (χ0v) is 10.4. The molecule has 0 atom stereocenters. The van der Waals surface area contributed by atoms with Crippen LogP contribution in [0.1, 0.15) is 18.9 Å². The number of aromatic nitrogens is 3. The summed E-state index contributed by atoms with van der Waals surface area (Å²) in [6.07, 6.45) is 9.67. The van der Waals surface area contributed by atoms with E-state index in [4.69, 9.17) is 0 Å². The van der Waals surface area contributed by atoms with Crippen LogP contribution in [0.25, 0.3) is 16.6 Å². The van der Waals surface area contributed by atoms with Gasteiger partial charge in [0.15, 0.2) is 0 Å². The van der Waals surface area contributed by atoms with Crippen LogP contribution in [0, 0.1) is 0 Å². The SMILES string of the molecule is CCCc1cnc(-n2ccnc2)c2ccccc12. The van der Waals surface area contributed by atoms with Crippen molar-refractivity contribution in [2.45, 2.75) is 19.8 Å². The van der Waals surface area contributed by atoms with Crippen LogP contribution in [0.15, 0.2) is 49.2 Å². The molecule has 3 aromatic rings. The average molecular weight is 237 g/mol. The molecule has 0 fully saturated rings. The number of fused-ring (bicyclic) bond motifs is 1. The number of pyridine rings is 1. The fourth-order valence-corrected chi connectivity index (χ4v) is 2.29. The van der Waals surface area contributed by atoms with Crippen molar-refractivity contribution >= 4 is 10.8 Å². The molecule has 3 rings (SSSR count). The third-order valence-electron chi connectivity index (χ3n) is 3.12. The van der Waals surface area contributed by atoms with Crippen LogP contribution in [0.5, 0.6) is 0 Å². The Kier molecular flexibility index (Phi) is 2.81. The molecular formula is C15H15N3. The minimum Gasteiger partial charge on any atom is -0.290 e. The number of benzene rings is 1. The molecule has 0 unspecified atom stereocenters. The van der Waals surface area contributed by atoms with Gasteiger partial charge < -0.3 is 0 Å². The highest BCUT2D eigenvalue weighted by Crippen LogP contribution is 2.24. The number of aryl methyl sites for hydroxylation is 1. The second-order valence-corrected chi connectivity index (χ2v) is 4.37. The van der Waals surface area contributed by atoms with E-state index in [9.17, 15) is 0 Å². The highest BCUT2D eigenvalue weighted by atomic mass is 15.1. The monoisotopic (exact) mass is 237 g/mol. The van der Waals surface area contributed by atoms with Crippen molar-refractivity contribution in [2.24, 2.45) is 0 Å². The number of imidazole rings is 1. The molecule has 0 N–H and O–H groups in total. The van der Waals surface area contributed by atoms with Crippen LogP contribution in [0.3, 0.4) is 0 Å². The molecule has 0 aliphatic carbocycles. The maximum Gasteiger partial charge on any atom is 0.145 e. The lowest BCUT2D eigenvalue weighted by molar-refractivity contribution is 0.915. The lowest BCUT2D eigenvalue weighted by Crippen LogP contribution is -1.98. The minimum atomic E-state index is 0.947. The number of nitrogens with zero attached hydrogens (tertiary/aromatic N) is 3. The third kappa shape index (κ3) is 1.78. The van der Waals surface area contributed by atoms with Gasteiger partial charge in [-0.3, -0.25) is 4.57 Å². The molecule has 0 spiro atoms. The second-order valence-electron chi connectivity index (χ2n) is 4.37. The van der Waals surface area contributed by atoms with E-state index >= 15 is 0 Å². The first-order chi connectivity index (χ1) is 8.90. The Morgan fingerprint density at radius 1 is 1.17 bits per heavy atom. The fourth-order valence-electron chi connectivity index (χ4n) is 2.29. The number of hydrogen-bond acceptors (Lipinski definition) is 2. The lowest BCUT2D eigenvalue weighted by Gasteiger charge is -2.10. The molecule has 0 aliphatic heterocycles. The minimum absolute atomic E-state index is 0.947. The summed E-state index contributed by atoms with van der Waals surface area (Å²) in [7, 11) is 0. The van der Waals surface area contributed by atoms with E-state index in [2.05, 4.69) is 41.2 Å². The van der Waals surface area contributed by atoms with Crippen LogP contribution < -0.4 is 0 Å². The van der Waals surface area contributed by atoms with Crippen LogP contribution in [0.2, 0.25) is 0 Å². The number of hydrogen-bond donors (Lipinski definition) is 0. The summed E-state index contributed by atoms with van der Waals surface area (Å²) >= 11 is 0. The van der Waals surface area contributed by atoms with E-state index in [1.807, 2.05) is 17.0 Å². The highest BCUT2D eigenvalue weighted by Gasteiger charge is 2.07. The van der Waals surface area contributed by atoms with Crippen LogP contribution in [0.4, 0.5) is 0 Å². The molecule has 3 nitrogen and oxygen atoms in total. The van der Waals surface area contributed by atoms with Gasteiger partial charge in [-0.25, -0.2) is 9.97 Å². The highest BCUT2D eigenvalue weighted by molar-refractivity contribution is 5.91. The van der Waals surface area contributed by atoms with Crippen molar-refractivity contribution in [2.75, 3.05) is 0 Å². The van der Waals surface area contributed by atoms with Crippen LogP contribution >= 0.6 is 0 Å². The van der Waals surface area contributed by atoms with Gasteiger partial charge in [0.1, 0.15) is 12.1 Å². The molecule has 0 radical (unpaired) electrons. The summed E-state index contributed by atoms with van der Waals surface area (Å²) in [6, 6.07) is 8.43. The van der Waals surface area contributed by atoms with E-state index in [-0.39, 0.29) is 0 Å². The van der Waals surface area contributed by atoms with Gasteiger partial charge in [0.25, 0.3) is 0 Å². The summed E-state index contributed by atoms with van der Waals surface area (Å²) in [6.45, 7) is 2.19. The first-order valence-corrected chi connectivity index (χ1v) is 6.25. The number of rotatable bonds is 3. The van der Waals surface area contributed by atoms with E-state index in [1.165, 1.54) is 16.3 Å². The molecule has 0 saturated heterocycles. The first-order valence-electron chi connectivity index (χ1n) is 6.25. The largest absolute Gasteiger partial charge is 0.290 e. The smallest absolute Gasteiger partial charge is 0.145 e. The molecule has 2 aromatic heterocycles. The third-order valence-corrected chi connectivity index (χ3v) is 3.12. The normalized spacial score (nSPS) is 10.9. The van der Waals surface area contributed by atoms with Gasteiger partial charge in [-0.2, -0.15) is 0 Å². The molecule has 3 heteroatoms. The predicted octanol–water partition coefficient (Wildman–Crippen LogP) is 3.37. The van der Waals surface area contributed by atoms with Crippen molar-refractivity contribution < 1.29 is 0 Å². The lowest BCUT2D eigenvalue weighted by atomic mass is 10.0. The Bertz CT molecular complexity index is 657. The molecule has 90 valence electrons. The van der Waals surface area contributed by atoms with Gasteiger partial charge in [-0.05, 0) is 17.4 Å². The Morgan fingerprint density at radius 2 is 2.00 bits per heavy atom. The molecule has 0 aliphatic rings. The molecular weight excluding hydrogens is 222 g/mol. The van der Waals surface area contributed by atoms with E-state index in [0.717, 1.165) is 18.7 Å². The van der Waals surface area contributed by atoms with Crippen molar-refractivity contribution in [3.05, 3.63) is 54.7 Å². The molecule has 0 amide bonds. The standard InChI is InChI=1S/C15H15N3/c1-2-5-12-10-17-15(18-9-8-16-11-18)14-7-4-3-6-13(12)14/h3-4,6-11H,2,5H2,1H3. The topological polar surface area (TPSA) is 30.7 Å². The molecule has 1 aromatic carbocycles. The maximum absolute atomic E-state index is 4.59. The van der Waals surface area contributed by atoms with Crippen molar-refractivity contribution in [1.82, 2.24) is 14.5 Å². The predicted molar refractivity (Wildman–Crippen MR) is 72.9 cm³/mol.